The molecule has 4 N–H and O–H groups in total. The van der Waals surface area contributed by atoms with Crippen molar-refractivity contribution in [2.24, 2.45) is 0 Å². The number of allylic oxidation sites excluding steroid dienone is 12. The smallest absolute Gasteiger partial charge is 0.397 e. The Labute approximate surface area is 401 Å². The number of carbonyl (C=O) groups excluding carboxylic acids is 1. The van der Waals surface area contributed by atoms with Gasteiger partial charge in [-0.05, 0) is 83.5 Å². The number of esters is 1. The monoisotopic (exact) mass is 953 g/mol. The molecule has 6 atom stereocenters. The van der Waals surface area contributed by atoms with Crippen LogP contribution in [-0.2, 0) is 38.3 Å². The second-order valence-corrected chi connectivity index (χ2v) is 18.4. The summed E-state index contributed by atoms with van der Waals surface area (Å²) in [5.41, 5.74) is 0. The lowest BCUT2D eigenvalue weighted by molar-refractivity contribution is -0.301. The minimum absolute atomic E-state index is 0.0236. The fraction of sp³-hybridized carbons (Fsp3) is 0.755. The number of ether oxygens (including phenoxy) is 4. The number of hydrogen-bond donors (Lipinski definition) is 4. The van der Waals surface area contributed by atoms with Crippen LogP contribution in [0.5, 0.6) is 0 Å². The van der Waals surface area contributed by atoms with E-state index in [0.29, 0.717) is 13.0 Å². The highest BCUT2D eigenvalue weighted by molar-refractivity contribution is 7.80. The zero-order valence-electron chi connectivity index (χ0n) is 41.0. The summed E-state index contributed by atoms with van der Waals surface area (Å²) < 4.78 is 59.2. The SMILES string of the molecule is CC/C=C\C/C=C\C/C=C\C/C=C\C/C=C\CCCCCCCCCCOCC(COC1OC(CO)C(O)C(OS(=O)(=O)O)C1O)OC(=O)CCCCCCC/C=C\CCCCCCCC. The highest BCUT2D eigenvalue weighted by Gasteiger charge is 2.48. The van der Waals surface area contributed by atoms with Crippen molar-refractivity contribution in [1.82, 2.24) is 0 Å². The van der Waals surface area contributed by atoms with Gasteiger partial charge in [0.25, 0.3) is 0 Å². The van der Waals surface area contributed by atoms with E-state index in [1.54, 1.807) is 0 Å². The van der Waals surface area contributed by atoms with Gasteiger partial charge in [-0.15, -0.1) is 0 Å². The number of aliphatic hydroxyl groups excluding tert-OH is 3. The van der Waals surface area contributed by atoms with E-state index in [2.05, 4.69) is 90.9 Å². The molecule has 1 saturated heterocycles. The molecule has 1 fully saturated rings. The molecular formula is C53H92O12S. The molecule has 0 bridgehead atoms. The Morgan fingerprint density at radius 3 is 1.55 bits per heavy atom. The lowest BCUT2D eigenvalue weighted by atomic mass is 9.99. The van der Waals surface area contributed by atoms with Gasteiger partial charge >= 0.3 is 16.4 Å². The molecule has 0 aromatic heterocycles. The fourth-order valence-corrected chi connectivity index (χ4v) is 7.97. The normalized spacial score (nSPS) is 20.1. The largest absolute Gasteiger partial charge is 0.457 e. The molecule has 0 aliphatic carbocycles. The van der Waals surface area contributed by atoms with Crippen LogP contribution in [0.15, 0.2) is 72.9 Å². The van der Waals surface area contributed by atoms with Gasteiger partial charge in [0.05, 0.1) is 19.8 Å². The summed E-state index contributed by atoms with van der Waals surface area (Å²) in [6.45, 7) is 3.84. The third kappa shape index (κ3) is 36.6. The molecule has 12 nitrogen and oxygen atoms in total. The molecular weight excluding hydrogens is 861 g/mol. The third-order valence-corrected chi connectivity index (χ3v) is 11.8. The van der Waals surface area contributed by atoms with Gasteiger partial charge in [0, 0.05) is 13.0 Å². The molecule has 0 aromatic rings. The highest BCUT2D eigenvalue weighted by Crippen LogP contribution is 2.26. The highest BCUT2D eigenvalue weighted by atomic mass is 32.3. The molecule has 1 aliphatic heterocycles. The minimum Gasteiger partial charge on any atom is -0.457 e. The van der Waals surface area contributed by atoms with E-state index in [1.807, 2.05) is 0 Å². The lowest BCUT2D eigenvalue weighted by Gasteiger charge is -2.41. The standard InChI is InChI=1S/C53H92O12S/c1-3-5-7-9-11-13-15-17-19-20-21-22-23-24-25-26-27-29-31-33-35-37-39-41-43-61-45-47(46-62-53-51(57)52(65-66(58,59)60)50(56)48(44-54)64-53)63-49(55)42-40-38-36-34-32-30-28-18-16-14-12-10-8-6-4-2/h5,7,11,13,17-19,21-22,24-25,28,47-48,50-54,56-57H,3-4,6,8-10,12,14-16,20,23,26-27,29-46H2,1-2H3,(H,58,59,60)/b7-5-,13-11-,19-17-,22-21-,25-24-,28-18-. The van der Waals surface area contributed by atoms with Crippen LogP contribution in [0.3, 0.4) is 0 Å². The first-order valence-corrected chi connectivity index (χ1v) is 27.1. The predicted octanol–water partition coefficient (Wildman–Crippen LogP) is 11.9. The van der Waals surface area contributed by atoms with Crippen molar-refractivity contribution in [3.63, 3.8) is 0 Å². The maximum absolute atomic E-state index is 12.9. The molecule has 6 unspecified atom stereocenters. The van der Waals surface area contributed by atoms with Crippen LogP contribution in [0.25, 0.3) is 0 Å². The van der Waals surface area contributed by atoms with Crippen LogP contribution in [0, 0.1) is 0 Å². The molecule has 13 heteroatoms. The second-order valence-electron chi connectivity index (χ2n) is 17.4. The van der Waals surface area contributed by atoms with E-state index in [0.717, 1.165) is 96.3 Å². The molecule has 0 radical (unpaired) electrons. The van der Waals surface area contributed by atoms with E-state index in [-0.39, 0.29) is 19.6 Å². The quantitative estimate of drug-likeness (QED) is 0.0197. The average Bonchev–Trinajstić information content (AvgIpc) is 3.29. The minimum atomic E-state index is -5.07. The van der Waals surface area contributed by atoms with Crippen LogP contribution in [0.1, 0.15) is 194 Å². The van der Waals surface area contributed by atoms with E-state index >= 15 is 0 Å². The first kappa shape index (κ1) is 61.6. The summed E-state index contributed by atoms with van der Waals surface area (Å²) in [5, 5.41) is 30.7. The average molecular weight is 953 g/mol. The Morgan fingerprint density at radius 1 is 0.591 bits per heavy atom. The maximum atomic E-state index is 12.9. The number of rotatable bonds is 44. The summed E-state index contributed by atoms with van der Waals surface area (Å²) >= 11 is 0. The predicted molar refractivity (Wildman–Crippen MR) is 266 cm³/mol. The van der Waals surface area contributed by atoms with Crippen molar-refractivity contribution >= 4 is 16.4 Å². The molecule has 66 heavy (non-hydrogen) atoms. The van der Waals surface area contributed by atoms with Gasteiger partial charge in [-0.2, -0.15) is 8.42 Å². The van der Waals surface area contributed by atoms with Gasteiger partial charge in [-0.1, -0.05) is 177 Å². The molecule has 0 amide bonds. The van der Waals surface area contributed by atoms with E-state index in [4.69, 9.17) is 18.9 Å². The first-order valence-electron chi connectivity index (χ1n) is 25.7. The van der Waals surface area contributed by atoms with Crippen molar-refractivity contribution in [3.8, 4) is 0 Å². The van der Waals surface area contributed by atoms with Crippen molar-refractivity contribution < 1.29 is 56.2 Å². The molecule has 1 aliphatic rings. The Kier molecular flexibility index (Phi) is 40.8. The maximum Gasteiger partial charge on any atom is 0.397 e. The Balaban J connectivity index is 2.36. The molecule has 0 spiro atoms. The van der Waals surface area contributed by atoms with E-state index in [1.165, 1.54) is 70.6 Å². The van der Waals surface area contributed by atoms with Crippen molar-refractivity contribution in [1.29, 1.82) is 0 Å². The van der Waals surface area contributed by atoms with Crippen LogP contribution < -0.4 is 0 Å². The first-order chi connectivity index (χ1) is 32.1. The number of hydrogen-bond acceptors (Lipinski definition) is 11. The van der Waals surface area contributed by atoms with Gasteiger partial charge in [0.2, 0.25) is 0 Å². The second kappa shape index (κ2) is 43.8. The Hall–Kier alpha value is -2.46. The van der Waals surface area contributed by atoms with Gasteiger partial charge in [0.1, 0.15) is 30.5 Å². The zero-order valence-corrected chi connectivity index (χ0v) is 41.8. The van der Waals surface area contributed by atoms with Crippen LogP contribution in [0.4, 0.5) is 0 Å². The summed E-state index contributed by atoms with van der Waals surface area (Å²) in [6, 6.07) is 0. The Morgan fingerprint density at radius 2 is 1.05 bits per heavy atom. The van der Waals surface area contributed by atoms with E-state index in [9.17, 15) is 33.1 Å². The molecule has 1 rings (SSSR count). The molecule has 0 saturated carbocycles. The summed E-state index contributed by atoms with van der Waals surface area (Å²) in [7, 11) is -5.07. The number of aliphatic hydroxyl groups is 3. The zero-order chi connectivity index (χ0) is 48.2. The van der Waals surface area contributed by atoms with Crippen LogP contribution in [-0.4, -0.2) is 97.5 Å². The van der Waals surface area contributed by atoms with Gasteiger partial charge in [0.15, 0.2) is 6.29 Å². The summed E-state index contributed by atoms with van der Waals surface area (Å²) in [4.78, 5) is 12.9. The van der Waals surface area contributed by atoms with E-state index < -0.39 is 59.8 Å². The van der Waals surface area contributed by atoms with Gasteiger partial charge in [-0.25, -0.2) is 4.18 Å². The number of carbonyl (C=O) groups is 1. The Bertz CT molecular complexity index is 1420. The third-order valence-electron chi connectivity index (χ3n) is 11.3. The van der Waals surface area contributed by atoms with Crippen molar-refractivity contribution in [3.05, 3.63) is 72.9 Å². The number of unbranched alkanes of at least 4 members (excludes halogenated alkanes) is 19. The lowest BCUT2D eigenvalue weighted by Crippen LogP contribution is -2.60. The van der Waals surface area contributed by atoms with Crippen molar-refractivity contribution in [2.45, 2.75) is 230 Å². The molecule has 1 heterocycles. The molecule has 382 valence electrons. The van der Waals surface area contributed by atoms with Crippen molar-refractivity contribution in [2.75, 3.05) is 26.4 Å². The van der Waals surface area contributed by atoms with Gasteiger partial charge < -0.3 is 34.3 Å². The van der Waals surface area contributed by atoms with Gasteiger partial charge in [-0.3, -0.25) is 9.35 Å². The topological polar surface area (TPSA) is 178 Å². The molecule has 0 aromatic carbocycles. The van der Waals surface area contributed by atoms with Crippen LogP contribution in [0.2, 0.25) is 0 Å². The summed E-state index contributed by atoms with van der Waals surface area (Å²) in [6.07, 6.45) is 47.9. The van der Waals surface area contributed by atoms with Crippen LogP contribution >= 0.6 is 0 Å². The summed E-state index contributed by atoms with van der Waals surface area (Å²) in [5.74, 6) is -0.413. The fourth-order valence-electron chi connectivity index (χ4n) is 7.46.